The van der Waals surface area contributed by atoms with Crippen LogP contribution in [0.5, 0.6) is 0 Å². The van der Waals surface area contributed by atoms with E-state index in [0.29, 0.717) is 23.3 Å². The van der Waals surface area contributed by atoms with E-state index in [1.54, 1.807) is 11.3 Å². The molecular formula is C14H19N3O2S2. The van der Waals surface area contributed by atoms with Gasteiger partial charge in [0.2, 0.25) is 0 Å². The first-order valence-corrected chi connectivity index (χ1v) is 8.82. The maximum absolute atomic E-state index is 8.91. The molecular weight excluding hydrogens is 306 g/mol. The number of hydrogen-bond donors (Lipinski definition) is 2. The lowest BCUT2D eigenvalue weighted by Gasteiger charge is -2.33. The molecule has 5 nitrogen and oxygen atoms in total. The van der Waals surface area contributed by atoms with E-state index in [4.69, 9.17) is 15.6 Å². The fraction of sp³-hybridized carbons (Fsp3) is 0.571. The molecule has 2 aromatic rings. The summed E-state index contributed by atoms with van der Waals surface area (Å²) >= 11 is 3.06. The maximum Gasteiger partial charge on any atom is 0.190 e. The lowest BCUT2D eigenvalue weighted by atomic mass is 9.90. The van der Waals surface area contributed by atoms with Gasteiger partial charge in [-0.1, -0.05) is 18.7 Å². The molecule has 2 aromatic heterocycles. The number of rotatable bonds is 4. The Labute approximate surface area is 131 Å². The molecule has 0 aliphatic carbocycles. The lowest BCUT2D eigenvalue weighted by molar-refractivity contribution is -0.0542. The highest BCUT2D eigenvalue weighted by Gasteiger charge is 2.32. The summed E-state index contributed by atoms with van der Waals surface area (Å²) < 4.78 is 5.99. The van der Waals surface area contributed by atoms with Crippen LogP contribution < -0.4 is 5.73 Å². The van der Waals surface area contributed by atoms with Crippen LogP contribution in [0.1, 0.15) is 30.7 Å². The summed E-state index contributed by atoms with van der Waals surface area (Å²) in [5.41, 5.74) is 7.29. The standard InChI is InChI=1S/C14H19N3O2S2/c1-3-14(2)6-8-9(7-19-14)21-12-10(8)11(15)16-13(17-12)20-5-4-18/h18H,3-7H2,1-2H3,(H2,15,16,17)/t14-/m0/s1. The van der Waals surface area contributed by atoms with Crippen LogP contribution in [0.2, 0.25) is 0 Å². The third kappa shape index (κ3) is 2.75. The van der Waals surface area contributed by atoms with Gasteiger partial charge in [-0.2, -0.15) is 0 Å². The summed E-state index contributed by atoms with van der Waals surface area (Å²) in [7, 11) is 0. The molecule has 3 heterocycles. The van der Waals surface area contributed by atoms with E-state index in [0.717, 1.165) is 23.1 Å². The number of thioether (sulfide) groups is 1. The van der Waals surface area contributed by atoms with Crippen LogP contribution in [0, 0.1) is 0 Å². The Morgan fingerprint density at radius 1 is 1.48 bits per heavy atom. The highest BCUT2D eigenvalue weighted by molar-refractivity contribution is 7.99. The normalized spacial score (nSPS) is 21.7. The molecule has 1 aliphatic rings. The number of anilines is 1. The van der Waals surface area contributed by atoms with Gasteiger partial charge in [0.15, 0.2) is 5.16 Å². The number of nitrogens with zero attached hydrogens (tertiary/aromatic N) is 2. The highest BCUT2D eigenvalue weighted by atomic mass is 32.2. The van der Waals surface area contributed by atoms with Crippen molar-refractivity contribution < 1.29 is 9.84 Å². The molecule has 0 fully saturated rings. The average Bonchev–Trinajstić information content (AvgIpc) is 2.83. The van der Waals surface area contributed by atoms with Gasteiger partial charge in [0.25, 0.3) is 0 Å². The molecule has 0 bridgehead atoms. The number of nitrogen functional groups attached to an aromatic ring is 1. The van der Waals surface area contributed by atoms with Crippen molar-refractivity contribution >= 4 is 39.1 Å². The lowest BCUT2D eigenvalue weighted by Crippen LogP contribution is -2.33. The molecule has 1 atom stereocenters. The third-order valence-corrected chi connectivity index (χ3v) is 5.84. The van der Waals surface area contributed by atoms with Crippen molar-refractivity contribution in [2.45, 2.75) is 44.1 Å². The second-order valence-corrected chi connectivity index (χ2v) is 7.56. The van der Waals surface area contributed by atoms with Crippen molar-refractivity contribution in [1.82, 2.24) is 9.97 Å². The number of nitrogens with two attached hydrogens (primary N) is 1. The van der Waals surface area contributed by atoms with Gasteiger partial charge in [0, 0.05) is 17.1 Å². The van der Waals surface area contributed by atoms with Crippen LogP contribution in [0.3, 0.4) is 0 Å². The second kappa shape index (κ2) is 5.72. The molecule has 0 radical (unpaired) electrons. The zero-order valence-electron chi connectivity index (χ0n) is 12.2. The minimum atomic E-state index is -0.127. The summed E-state index contributed by atoms with van der Waals surface area (Å²) in [6, 6.07) is 0. The minimum Gasteiger partial charge on any atom is -0.396 e. The molecule has 0 saturated carbocycles. The van der Waals surface area contributed by atoms with Crippen molar-refractivity contribution in [2.24, 2.45) is 0 Å². The van der Waals surface area contributed by atoms with Gasteiger partial charge in [0.05, 0.1) is 24.2 Å². The molecule has 0 saturated heterocycles. The van der Waals surface area contributed by atoms with Gasteiger partial charge in [-0.25, -0.2) is 9.97 Å². The molecule has 0 spiro atoms. The predicted octanol–water partition coefficient (Wildman–Crippen LogP) is 2.60. The Hall–Kier alpha value is -0.890. The van der Waals surface area contributed by atoms with Crippen LogP contribution >= 0.6 is 23.1 Å². The van der Waals surface area contributed by atoms with Crippen LogP contribution in [-0.4, -0.2) is 33.0 Å². The van der Waals surface area contributed by atoms with Gasteiger partial charge in [-0.3, -0.25) is 0 Å². The Kier molecular flexibility index (Phi) is 4.09. The van der Waals surface area contributed by atoms with E-state index < -0.39 is 0 Å². The topological polar surface area (TPSA) is 81.3 Å². The smallest absolute Gasteiger partial charge is 0.190 e. The Morgan fingerprint density at radius 3 is 3.00 bits per heavy atom. The van der Waals surface area contributed by atoms with Crippen LogP contribution in [0.4, 0.5) is 5.82 Å². The summed E-state index contributed by atoms with van der Waals surface area (Å²) in [6.45, 7) is 5.01. The van der Waals surface area contributed by atoms with Crippen molar-refractivity contribution in [1.29, 1.82) is 0 Å². The van der Waals surface area contributed by atoms with E-state index >= 15 is 0 Å². The number of thiophene rings is 1. The number of hydrogen-bond acceptors (Lipinski definition) is 7. The first kappa shape index (κ1) is 15.0. The minimum absolute atomic E-state index is 0.107. The summed E-state index contributed by atoms with van der Waals surface area (Å²) in [6.07, 6.45) is 1.82. The van der Waals surface area contributed by atoms with Crippen molar-refractivity contribution in [3.63, 3.8) is 0 Å². The fourth-order valence-corrected chi connectivity index (χ4v) is 4.27. The van der Waals surface area contributed by atoms with Crippen LogP contribution in [0.15, 0.2) is 5.16 Å². The number of fused-ring (bicyclic) bond motifs is 3. The second-order valence-electron chi connectivity index (χ2n) is 5.42. The fourth-order valence-electron chi connectivity index (χ4n) is 2.51. The summed E-state index contributed by atoms with van der Waals surface area (Å²) in [5.74, 6) is 1.12. The third-order valence-electron chi connectivity index (χ3n) is 3.91. The summed E-state index contributed by atoms with van der Waals surface area (Å²) in [5, 5.41) is 10.5. The molecule has 114 valence electrons. The van der Waals surface area contributed by atoms with Gasteiger partial charge in [0.1, 0.15) is 10.6 Å². The van der Waals surface area contributed by atoms with Crippen molar-refractivity contribution in [3.8, 4) is 0 Å². The Balaban J connectivity index is 2.05. The SMILES string of the molecule is CC[C@@]1(C)Cc2c(sc3nc(SCCO)nc(N)c23)CO1. The quantitative estimate of drug-likeness (QED) is 0.664. The van der Waals surface area contributed by atoms with Crippen molar-refractivity contribution in [3.05, 3.63) is 10.4 Å². The first-order valence-electron chi connectivity index (χ1n) is 7.01. The van der Waals surface area contributed by atoms with E-state index in [-0.39, 0.29) is 12.2 Å². The molecule has 21 heavy (non-hydrogen) atoms. The monoisotopic (exact) mass is 325 g/mol. The number of aliphatic hydroxyl groups excluding tert-OH is 1. The van der Waals surface area contributed by atoms with Gasteiger partial charge < -0.3 is 15.6 Å². The van der Waals surface area contributed by atoms with E-state index in [9.17, 15) is 0 Å². The first-order chi connectivity index (χ1) is 10.1. The molecule has 1 aliphatic heterocycles. The zero-order chi connectivity index (χ0) is 15.0. The summed E-state index contributed by atoms with van der Waals surface area (Å²) in [4.78, 5) is 11.1. The average molecular weight is 325 g/mol. The largest absolute Gasteiger partial charge is 0.396 e. The van der Waals surface area contributed by atoms with Crippen LogP contribution in [0.25, 0.3) is 10.2 Å². The van der Waals surface area contributed by atoms with Crippen molar-refractivity contribution in [2.75, 3.05) is 18.1 Å². The Morgan fingerprint density at radius 2 is 2.29 bits per heavy atom. The predicted molar refractivity (Wildman–Crippen MR) is 86.8 cm³/mol. The maximum atomic E-state index is 8.91. The molecule has 7 heteroatoms. The molecule has 3 rings (SSSR count). The van der Waals surface area contributed by atoms with Gasteiger partial charge in [-0.05, 0) is 18.9 Å². The molecule has 0 amide bonds. The molecule has 0 aromatic carbocycles. The zero-order valence-corrected chi connectivity index (χ0v) is 13.8. The van der Waals surface area contributed by atoms with E-state index in [2.05, 4.69) is 23.8 Å². The number of aliphatic hydroxyl groups is 1. The molecule has 0 unspecified atom stereocenters. The highest BCUT2D eigenvalue weighted by Crippen LogP contribution is 2.41. The Bertz CT molecular complexity index is 674. The number of ether oxygens (including phenoxy) is 1. The van der Waals surface area contributed by atoms with Crippen LogP contribution in [-0.2, 0) is 17.8 Å². The number of aromatic nitrogens is 2. The van der Waals surface area contributed by atoms with Gasteiger partial charge >= 0.3 is 0 Å². The van der Waals surface area contributed by atoms with E-state index in [1.165, 1.54) is 22.2 Å². The molecule has 3 N–H and O–H groups in total. The van der Waals surface area contributed by atoms with E-state index in [1.807, 2.05) is 0 Å². The van der Waals surface area contributed by atoms with Gasteiger partial charge in [-0.15, -0.1) is 11.3 Å².